The Bertz CT molecular complexity index is 437. The molecule has 0 radical (unpaired) electrons. The van der Waals surface area contributed by atoms with Crippen LogP contribution in [0.25, 0.3) is 0 Å². The molecule has 0 aromatic heterocycles. The Hall–Kier alpha value is -0.950. The van der Waals surface area contributed by atoms with Gasteiger partial charge in [-0.2, -0.15) is 8.42 Å². The van der Waals surface area contributed by atoms with E-state index in [1.165, 1.54) is 12.1 Å². The van der Waals surface area contributed by atoms with E-state index in [9.17, 15) is 8.42 Å². The molecule has 0 fully saturated rings. The molecule has 0 aliphatic heterocycles. The van der Waals surface area contributed by atoms with E-state index in [1.807, 2.05) is 6.92 Å². The molecule has 96 valence electrons. The van der Waals surface area contributed by atoms with Gasteiger partial charge in [-0.05, 0) is 19.1 Å². The first-order valence-corrected chi connectivity index (χ1v) is 6.62. The van der Waals surface area contributed by atoms with Crippen LogP contribution in [0, 0.1) is 6.92 Å². The van der Waals surface area contributed by atoms with E-state index in [-0.39, 0.29) is 17.9 Å². The van der Waals surface area contributed by atoms with Crippen molar-refractivity contribution in [3.8, 4) is 0 Å². The quantitative estimate of drug-likeness (QED) is 0.725. The molecule has 1 aromatic rings. The second kappa shape index (κ2) is 6.11. The van der Waals surface area contributed by atoms with Crippen molar-refractivity contribution in [1.29, 1.82) is 0 Å². The molecular formula is C11H16O5S. The molecule has 0 unspecified atom stereocenters. The Morgan fingerprint density at radius 2 is 1.82 bits per heavy atom. The van der Waals surface area contributed by atoms with Crippen molar-refractivity contribution >= 4 is 10.1 Å². The van der Waals surface area contributed by atoms with Crippen LogP contribution in [0.5, 0.6) is 0 Å². The second-order valence-electron chi connectivity index (χ2n) is 3.68. The van der Waals surface area contributed by atoms with Gasteiger partial charge in [-0.3, -0.25) is 4.18 Å². The van der Waals surface area contributed by atoms with Crippen LogP contribution in [-0.2, 0) is 14.3 Å². The van der Waals surface area contributed by atoms with Crippen molar-refractivity contribution in [1.82, 2.24) is 0 Å². The maximum Gasteiger partial charge on any atom is 0.297 e. The average Bonchev–Trinajstić information content (AvgIpc) is 2.28. The van der Waals surface area contributed by atoms with E-state index in [0.717, 1.165) is 5.56 Å². The fraction of sp³-hybridized carbons (Fsp3) is 0.455. The molecule has 6 heteroatoms. The highest BCUT2D eigenvalue weighted by Gasteiger charge is 2.20. The van der Waals surface area contributed by atoms with Crippen LogP contribution in [-0.4, -0.2) is 37.9 Å². The molecule has 0 bridgehead atoms. The van der Waals surface area contributed by atoms with Crippen LogP contribution in [0.4, 0.5) is 0 Å². The van der Waals surface area contributed by atoms with Crippen LogP contribution < -0.4 is 0 Å². The van der Waals surface area contributed by atoms with Gasteiger partial charge in [0.2, 0.25) is 0 Å². The van der Waals surface area contributed by atoms with Gasteiger partial charge >= 0.3 is 0 Å². The molecular weight excluding hydrogens is 244 g/mol. The van der Waals surface area contributed by atoms with Gasteiger partial charge < -0.3 is 10.2 Å². The number of hydrogen-bond acceptors (Lipinski definition) is 5. The number of aliphatic hydroxyl groups is 2. The highest BCUT2D eigenvalue weighted by molar-refractivity contribution is 7.86. The summed E-state index contributed by atoms with van der Waals surface area (Å²) in [5.74, 6) is 0. The molecule has 1 atom stereocenters. The number of hydrogen-bond donors (Lipinski definition) is 2. The largest absolute Gasteiger partial charge is 0.396 e. The van der Waals surface area contributed by atoms with Crippen molar-refractivity contribution in [3.63, 3.8) is 0 Å². The monoisotopic (exact) mass is 260 g/mol. The van der Waals surface area contributed by atoms with Crippen LogP contribution in [0.2, 0.25) is 0 Å². The normalized spacial score (nSPS) is 13.6. The van der Waals surface area contributed by atoms with E-state index in [4.69, 9.17) is 14.4 Å². The van der Waals surface area contributed by atoms with E-state index < -0.39 is 22.8 Å². The average molecular weight is 260 g/mol. The summed E-state index contributed by atoms with van der Waals surface area (Å²) in [4.78, 5) is 0.0412. The zero-order chi connectivity index (χ0) is 12.9. The van der Waals surface area contributed by atoms with Crippen molar-refractivity contribution in [2.45, 2.75) is 24.3 Å². The van der Waals surface area contributed by atoms with Crippen molar-refractivity contribution in [2.75, 3.05) is 13.2 Å². The van der Waals surface area contributed by atoms with Gasteiger partial charge in [0.05, 0.1) is 11.5 Å². The molecule has 17 heavy (non-hydrogen) atoms. The highest BCUT2D eigenvalue weighted by atomic mass is 32.2. The molecule has 0 aliphatic rings. The van der Waals surface area contributed by atoms with Crippen molar-refractivity contribution < 1.29 is 22.8 Å². The van der Waals surface area contributed by atoms with E-state index in [1.54, 1.807) is 12.1 Å². The Morgan fingerprint density at radius 1 is 1.24 bits per heavy atom. The van der Waals surface area contributed by atoms with Crippen molar-refractivity contribution in [3.05, 3.63) is 29.8 Å². The number of aliphatic hydroxyl groups excluding tert-OH is 2. The molecule has 0 amide bonds. The standard InChI is InChI=1S/C11H16O5S/c1-9-2-4-11(5-3-9)17(14,15)16-10(8-13)6-7-12/h2-5,10,12-13H,6-8H2,1H3/t10-/m0/s1. The van der Waals surface area contributed by atoms with Gasteiger partial charge in [0.15, 0.2) is 0 Å². The molecule has 1 aromatic carbocycles. The number of benzene rings is 1. The minimum Gasteiger partial charge on any atom is -0.396 e. The van der Waals surface area contributed by atoms with Crippen LogP contribution in [0.15, 0.2) is 29.2 Å². The lowest BCUT2D eigenvalue weighted by molar-refractivity contribution is 0.0957. The zero-order valence-electron chi connectivity index (χ0n) is 9.54. The molecule has 0 spiro atoms. The van der Waals surface area contributed by atoms with Crippen molar-refractivity contribution in [2.24, 2.45) is 0 Å². The summed E-state index contributed by atoms with van der Waals surface area (Å²) >= 11 is 0. The SMILES string of the molecule is Cc1ccc(S(=O)(=O)O[C@H](CO)CCO)cc1. The third kappa shape index (κ3) is 4.08. The maximum absolute atomic E-state index is 11.8. The molecule has 1 rings (SSSR count). The number of aryl methyl sites for hydroxylation is 1. The maximum atomic E-state index is 11.8. The summed E-state index contributed by atoms with van der Waals surface area (Å²) in [6.45, 7) is 1.15. The lowest BCUT2D eigenvalue weighted by Gasteiger charge is -2.13. The fourth-order valence-electron chi connectivity index (χ4n) is 1.25. The van der Waals surface area contributed by atoms with Gasteiger partial charge in [0, 0.05) is 13.0 Å². The third-order valence-electron chi connectivity index (χ3n) is 2.23. The predicted molar refractivity (Wildman–Crippen MR) is 62.0 cm³/mol. The first-order valence-electron chi connectivity index (χ1n) is 5.21. The number of rotatable bonds is 6. The predicted octanol–water partition coefficient (Wildman–Crippen LogP) is 0.444. The fourth-order valence-corrected chi connectivity index (χ4v) is 2.35. The van der Waals surface area contributed by atoms with Crippen LogP contribution >= 0.6 is 0 Å². The molecule has 0 saturated heterocycles. The molecule has 2 N–H and O–H groups in total. The van der Waals surface area contributed by atoms with E-state index in [0.29, 0.717) is 0 Å². The van der Waals surface area contributed by atoms with Gasteiger partial charge in [-0.15, -0.1) is 0 Å². The van der Waals surface area contributed by atoms with E-state index >= 15 is 0 Å². The summed E-state index contributed by atoms with van der Waals surface area (Å²) < 4.78 is 28.4. The Morgan fingerprint density at radius 3 is 2.29 bits per heavy atom. The lowest BCUT2D eigenvalue weighted by atomic mass is 10.2. The topological polar surface area (TPSA) is 83.8 Å². The minimum atomic E-state index is -3.88. The highest BCUT2D eigenvalue weighted by Crippen LogP contribution is 2.15. The Balaban J connectivity index is 2.84. The van der Waals surface area contributed by atoms with Crippen LogP contribution in [0.3, 0.4) is 0 Å². The van der Waals surface area contributed by atoms with Gasteiger partial charge in [-0.25, -0.2) is 0 Å². The first-order chi connectivity index (χ1) is 7.99. The smallest absolute Gasteiger partial charge is 0.297 e. The lowest BCUT2D eigenvalue weighted by Crippen LogP contribution is -2.23. The summed E-state index contributed by atoms with van der Waals surface area (Å²) in [6, 6.07) is 6.21. The minimum absolute atomic E-state index is 0.0412. The van der Waals surface area contributed by atoms with Gasteiger partial charge in [-0.1, -0.05) is 17.7 Å². The molecule has 0 saturated carbocycles. The van der Waals surface area contributed by atoms with E-state index in [2.05, 4.69) is 0 Å². The molecule has 0 heterocycles. The molecule has 0 aliphatic carbocycles. The van der Waals surface area contributed by atoms with Gasteiger partial charge in [0.25, 0.3) is 10.1 Å². The third-order valence-corrected chi connectivity index (χ3v) is 3.60. The van der Waals surface area contributed by atoms with Gasteiger partial charge in [0.1, 0.15) is 6.10 Å². The Labute approximate surface area is 101 Å². The van der Waals surface area contributed by atoms with Crippen LogP contribution in [0.1, 0.15) is 12.0 Å². The summed E-state index contributed by atoms with van der Waals surface area (Å²) in [6.07, 6.45) is -0.840. The second-order valence-corrected chi connectivity index (χ2v) is 5.25. The Kier molecular flexibility index (Phi) is 5.07. The molecule has 5 nitrogen and oxygen atoms in total. The summed E-state index contributed by atoms with van der Waals surface area (Å²) in [7, 11) is -3.88. The zero-order valence-corrected chi connectivity index (χ0v) is 10.4. The first kappa shape index (κ1) is 14.1. The summed E-state index contributed by atoms with van der Waals surface area (Å²) in [5, 5.41) is 17.6. The summed E-state index contributed by atoms with van der Waals surface area (Å²) in [5.41, 5.74) is 0.943.